The zero-order valence-electron chi connectivity index (χ0n) is 58.7. The van der Waals surface area contributed by atoms with Gasteiger partial charge in [-0.2, -0.15) is 0 Å². The van der Waals surface area contributed by atoms with E-state index in [0.29, 0.717) is 0 Å². The zero-order chi connectivity index (χ0) is 66.3. The van der Waals surface area contributed by atoms with Crippen molar-refractivity contribution in [1.29, 1.82) is 0 Å². The van der Waals surface area contributed by atoms with E-state index < -0.39 is 0 Å². The van der Waals surface area contributed by atoms with Crippen LogP contribution in [0.5, 0.6) is 0 Å². The average Bonchev–Trinajstić information content (AvgIpc) is 0.730. The van der Waals surface area contributed by atoms with Crippen molar-refractivity contribution in [3.05, 3.63) is 258 Å². The first kappa shape index (κ1) is 62.3. The van der Waals surface area contributed by atoms with Gasteiger partial charge < -0.3 is 14.2 Å². The van der Waals surface area contributed by atoms with Gasteiger partial charge in [0.15, 0.2) is 0 Å². The van der Waals surface area contributed by atoms with Gasteiger partial charge in [0.05, 0.1) is 16.8 Å². The van der Waals surface area contributed by atoms with Gasteiger partial charge in [-0.25, -0.2) is 0 Å². The lowest BCUT2D eigenvalue weighted by atomic mass is 9.33. The summed E-state index contributed by atoms with van der Waals surface area (Å²) < 4.78 is 7.09. The minimum Gasteiger partial charge on any atom is -0.456 e. The standard InChI is InChI=1S/C90H91BN2O/c1-85(2,3)64-42-61(43-65(50-64)86(4,5)6)59-38-40-73-75(46-59)92(77-48-63(56-30-22-19-23-31-56)49-81-82(77)70-36-28-29-37-80(70)94-81)78-54-69(90(16,17)18)55-79-83(78)91(73)74-41-39-60(62-44-66(87(7,8)9)51-67(45-62)88(10,11)12)47-76(74)93(79)84-71(57-32-24-20-25-33-57)52-68(89(13,14)15)53-72(84)58-34-26-21-27-35-58/h19-55H,1-18H3. The molecule has 470 valence electrons. The first-order valence-corrected chi connectivity index (χ1v) is 34.1. The van der Waals surface area contributed by atoms with Gasteiger partial charge in [0.25, 0.3) is 6.71 Å². The Morgan fingerprint density at radius 2 is 0.628 bits per heavy atom. The van der Waals surface area contributed by atoms with E-state index in [4.69, 9.17) is 4.42 Å². The summed E-state index contributed by atoms with van der Waals surface area (Å²) in [5, 5.41) is 2.18. The van der Waals surface area contributed by atoms with Gasteiger partial charge in [-0.15, -0.1) is 0 Å². The molecule has 0 saturated carbocycles. The number of fused-ring (bicyclic) bond motifs is 7. The molecule has 0 fully saturated rings. The fourth-order valence-corrected chi connectivity index (χ4v) is 14.4. The second-order valence-electron chi connectivity index (χ2n) is 33.2. The van der Waals surface area contributed by atoms with Crippen LogP contribution in [-0.4, -0.2) is 6.71 Å². The maximum Gasteiger partial charge on any atom is 0.252 e. The van der Waals surface area contributed by atoms with Gasteiger partial charge in [-0.05, 0) is 181 Å². The second kappa shape index (κ2) is 22.3. The Hall–Kier alpha value is -9.12. The van der Waals surface area contributed by atoms with Crippen LogP contribution >= 0.6 is 0 Å². The number of hydrogen-bond acceptors (Lipinski definition) is 3. The first-order valence-electron chi connectivity index (χ1n) is 34.1. The molecule has 0 atom stereocenters. The topological polar surface area (TPSA) is 19.6 Å². The number of benzene rings is 11. The van der Waals surface area contributed by atoms with Crippen LogP contribution in [0.2, 0.25) is 0 Å². The first-order chi connectivity index (χ1) is 44.4. The van der Waals surface area contributed by atoms with E-state index in [2.05, 4.69) is 359 Å². The Bertz CT molecular complexity index is 4820. The molecule has 12 aromatic rings. The van der Waals surface area contributed by atoms with Crippen molar-refractivity contribution in [2.45, 2.75) is 157 Å². The summed E-state index contributed by atoms with van der Waals surface area (Å²) in [5.74, 6) is 0. The smallest absolute Gasteiger partial charge is 0.252 e. The molecule has 1 aromatic heterocycles. The summed E-state index contributed by atoms with van der Waals surface area (Å²) >= 11 is 0. The SMILES string of the molecule is CC(C)(C)c1cc(-c2ccc3c(c2)N(c2c(-c4ccccc4)cc(C(C)(C)C)cc2-c2ccccc2)c2cc(C(C)(C)C)cc4c2B3c2ccc(-c3cc(C(C)(C)C)cc(C(C)(C)C)c3)cc2N4c2cc(-c3ccccc3)cc3oc4ccccc4c23)cc(C(C)(C)C)c1. The highest BCUT2D eigenvalue weighted by Gasteiger charge is 2.46. The minimum absolute atomic E-state index is 0.0759. The third-order valence-corrected chi connectivity index (χ3v) is 20.1. The van der Waals surface area contributed by atoms with Crippen molar-refractivity contribution in [3.8, 4) is 55.6 Å². The maximum absolute atomic E-state index is 7.09. The largest absolute Gasteiger partial charge is 0.456 e. The Balaban J connectivity index is 1.18. The van der Waals surface area contributed by atoms with E-state index >= 15 is 0 Å². The fraction of sp³-hybridized carbons (Fsp3) is 0.267. The molecule has 0 bridgehead atoms. The van der Waals surface area contributed by atoms with Crippen molar-refractivity contribution in [3.63, 3.8) is 0 Å². The molecule has 0 N–H and O–H groups in total. The highest BCUT2D eigenvalue weighted by Crippen LogP contribution is 2.55. The number of hydrogen-bond donors (Lipinski definition) is 0. The van der Waals surface area contributed by atoms with E-state index in [1.807, 2.05) is 0 Å². The van der Waals surface area contributed by atoms with Gasteiger partial charge in [0, 0.05) is 39.3 Å². The van der Waals surface area contributed by atoms with Crippen LogP contribution in [0.4, 0.5) is 34.1 Å². The summed E-state index contributed by atoms with van der Waals surface area (Å²) in [7, 11) is 0. The Kier molecular flexibility index (Phi) is 14.8. The molecule has 3 nitrogen and oxygen atoms in total. The second-order valence-corrected chi connectivity index (χ2v) is 33.2. The quantitative estimate of drug-likeness (QED) is 0.148. The van der Waals surface area contributed by atoms with Crippen LogP contribution in [0.1, 0.15) is 158 Å². The molecule has 3 heterocycles. The highest BCUT2D eigenvalue weighted by atomic mass is 16.3. The molecular weight excluding hydrogens is 1140 g/mol. The molecule has 2 aliphatic heterocycles. The van der Waals surface area contributed by atoms with Crippen LogP contribution in [0, 0.1) is 0 Å². The number of nitrogens with zero attached hydrogens (tertiary/aromatic N) is 2. The summed E-state index contributed by atoms with van der Waals surface area (Å²) in [5.41, 5.74) is 31.3. The van der Waals surface area contributed by atoms with Crippen molar-refractivity contribution < 1.29 is 4.42 Å². The van der Waals surface area contributed by atoms with Gasteiger partial charge in [-0.1, -0.05) is 294 Å². The van der Waals surface area contributed by atoms with E-state index in [1.54, 1.807) is 0 Å². The lowest BCUT2D eigenvalue weighted by Crippen LogP contribution is -2.61. The van der Waals surface area contributed by atoms with Crippen LogP contribution in [0.25, 0.3) is 77.6 Å². The summed E-state index contributed by atoms with van der Waals surface area (Å²) in [6.07, 6.45) is 0. The fourth-order valence-electron chi connectivity index (χ4n) is 14.4. The molecule has 0 aliphatic carbocycles. The molecule has 11 aromatic carbocycles. The molecule has 0 spiro atoms. The molecule has 0 saturated heterocycles. The Labute approximate surface area is 560 Å². The van der Waals surface area contributed by atoms with Gasteiger partial charge >= 0.3 is 0 Å². The third-order valence-electron chi connectivity index (χ3n) is 20.1. The molecule has 2 aliphatic rings. The lowest BCUT2D eigenvalue weighted by Gasteiger charge is -2.46. The summed E-state index contributed by atoms with van der Waals surface area (Å²) in [4.78, 5) is 5.40. The molecule has 14 rings (SSSR count). The summed E-state index contributed by atoms with van der Waals surface area (Å²) in [6, 6.07) is 86.5. The van der Waals surface area contributed by atoms with E-state index in [0.717, 1.165) is 55.8 Å². The molecule has 4 heteroatoms. The zero-order valence-corrected chi connectivity index (χ0v) is 58.7. The van der Waals surface area contributed by atoms with Crippen molar-refractivity contribution in [2.24, 2.45) is 0 Å². The van der Waals surface area contributed by atoms with E-state index in [-0.39, 0.29) is 39.2 Å². The van der Waals surface area contributed by atoms with Crippen molar-refractivity contribution >= 4 is 79.2 Å². The van der Waals surface area contributed by atoms with Crippen molar-refractivity contribution in [1.82, 2.24) is 0 Å². The van der Waals surface area contributed by atoms with Crippen LogP contribution in [0.15, 0.2) is 229 Å². The van der Waals surface area contributed by atoms with Gasteiger partial charge in [0.2, 0.25) is 0 Å². The normalized spacial score (nSPS) is 13.6. The van der Waals surface area contributed by atoms with E-state index in [9.17, 15) is 0 Å². The summed E-state index contributed by atoms with van der Waals surface area (Å²) in [6.45, 7) is 42.2. The Morgan fingerprint density at radius 3 is 1.07 bits per heavy atom. The maximum atomic E-state index is 7.09. The third kappa shape index (κ3) is 11.1. The number of furan rings is 1. The highest BCUT2D eigenvalue weighted by molar-refractivity contribution is 7.00. The van der Waals surface area contributed by atoms with Crippen LogP contribution in [0.3, 0.4) is 0 Å². The van der Waals surface area contributed by atoms with E-state index in [1.165, 1.54) is 106 Å². The van der Waals surface area contributed by atoms with Crippen LogP contribution < -0.4 is 26.2 Å². The van der Waals surface area contributed by atoms with Crippen molar-refractivity contribution in [2.75, 3.05) is 9.80 Å². The monoisotopic (exact) mass is 1230 g/mol. The Morgan fingerprint density at radius 1 is 0.266 bits per heavy atom. The number of rotatable bonds is 7. The minimum atomic E-state index is -0.291. The molecular formula is C90H91BN2O. The molecule has 94 heavy (non-hydrogen) atoms. The predicted molar refractivity (Wildman–Crippen MR) is 407 cm³/mol. The van der Waals surface area contributed by atoms with Crippen LogP contribution in [-0.2, 0) is 32.5 Å². The lowest BCUT2D eigenvalue weighted by molar-refractivity contribution is 0.568. The molecule has 0 radical (unpaired) electrons. The molecule has 0 amide bonds. The predicted octanol–water partition coefficient (Wildman–Crippen LogP) is 23.8. The van der Waals surface area contributed by atoms with Gasteiger partial charge in [0.1, 0.15) is 11.2 Å². The number of anilines is 6. The number of para-hydroxylation sites is 1. The molecule has 0 unspecified atom stereocenters. The van der Waals surface area contributed by atoms with Gasteiger partial charge in [-0.3, -0.25) is 0 Å². The average molecular weight is 1230 g/mol.